The highest BCUT2D eigenvalue weighted by Crippen LogP contribution is 2.30. The van der Waals surface area contributed by atoms with Crippen LogP contribution in [0.15, 0.2) is 116 Å². The van der Waals surface area contributed by atoms with E-state index in [4.69, 9.17) is 4.74 Å². The van der Waals surface area contributed by atoms with Gasteiger partial charge in [0.1, 0.15) is 6.61 Å². The Morgan fingerprint density at radius 1 is 0.789 bits per heavy atom. The van der Waals surface area contributed by atoms with Gasteiger partial charge in [0.25, 0.3) is 0 Å². The van der Waals surface area contributed by atoms with E-state index in [2.05, 4.69) is 84.7 Å². The molecule has 0 spiro atoms. The molecule has 1 atom stereocenters. The lowest BCUT2D eigenvalue weighted by Crippen LogP contribution is -2.42. The molecule has 4 aromatic rings. The number of carbonyl (C=O) groups excluding carboxylic acids is 2. The van der Waals surface area contributed by atoms with Crippen LogP contribution in [0.1, 0.15) is 48.3 Å². The molecule has 0 radical (unpaired) electrons. The van der Waals surface area contributed by atoms with Gasteiger partial charge in [0.15, 0.2) is 5.78 Å². The Balaban J connectivity index is 1.40. The summed E-state index contributed by atoms with van der Waals surface area (Å²) >= 11 is 0. The quantitative estimate of drug-likeness (QED) is 0.150. The second-order valence-electron chi connectivity index (χ2n) is 9.56. The van der Waals surface area contributed by atoms with E-state index in [0.29, 0.717) is 12.8 Å². The maximum atomic E-state index is 13.3. The fourth-order valence-corrected chi connectivity index (χ4v) is 4.88. The summed E-state index contributed by atoms with van der Waals surface area (Å²) in [5, 5.41) is 5.04. The summed E-state index contributed by atoms with van der Waals surface area (Å²) in [5.41, 5.74) is 3.57. The molecule has 0 aliphatic carbocycles. The minimum absolute atomic E-state index is 0.0182. The largest absolute Gasteiger partial charge is 0.445 e. The zero-order valence-electron chi connectivity index (χ0n) is 21.7. The maximum absolute atomic E-state index is 13.3. The summed E-state index contributed by atoms with van der Waals surface area (Å²) in [4.78, 5) is 25.6. The number of fused-ring (bicyclic) bond motifs is 1. The van der Waals surface area contributed by atoms with Crippen molar-refractivity contribution in [3.05, 3.63) is 132 Å². The van der Waals surface area contributed by atoms with Gasteiger partial charge in [-0.05, 0) is 46.7 Å². The second-order valence-corrected chi connectivity index (χ2v) is 9.56. The highest BCUT2D eigenvalue weighted by Gasteiger charge is 2.22. The Hall–Kier alpha value is -4.18. The lowest BCUT2D eigenvalue weighted by molar-refractivity contribution is -0.121. The Morgan fingerprint density at radius 3 is 2.08 bits per heavy atom. The maximum Gasteiger partial charge on any atom is 0.408 e. The number of rotatable bonds is 13. The van der Waals surface area contributed by atoms with Gasteiger partial charge in [0.2, 0.25) is 0 Å². The Morgan fingerprint density at radius 2 is 1.42 bits per heavy atom. The van der Waals surface area contributed by atoms with E-state index >= 15 is 0 Å². The van der Waals surface area contributed by atoms with Crippen molar-refractivity contribution < 1.29 is 14.3 Å². The molecule has 1 amide bonds. The standard InChI is InChI=1S/C34H35NO3/c1-2-23-38-34(37)35-32(25-26-21-22-27-13-9-10-18-30(27)24-26)33(36)20-12-11-19-31(28-14-5-3-6-15-28)29-16-7-4-8-17-29/h2-10,13-18,21-22,24,31-32H,1,11-12,19-20,23,25H2,(H,35,37)/t32-/m0/s1. The van der Waals surface area contributed by atoms with Crippen molar-refractivity contribution in [1.82, 2.24) is 5.32 Å². The molecular formula is C34H35NO3. The van der Waals surface area contributed by atoms with Crippen LogP contribution in [0.5, 0.6) is 0 Å². The van der Waals surface area contributed by atoms with Crippen molar-refractivity contribution in [2.45, 2.75) is 44.1 Å². The second kappa shape index (κ2) is 13.9. The predicted octanol–water partition coefficient (Wildman–Crippen LogP) is 7.62. The van der Waals surface area contributed by atoms with Crippen molar-refractivity contribution in [2.75, 3.05) is 6.61 Å². The number of ether oxygens (including phenoxy) is 1. The van der Waals surface area contributed by atoms with E-state index in [1.165, 1.54) is 17.2 Å². The summed E-state index contributed by atoms with van der Waals surface area (Å²) in [6.07, 6.45) is 4.34. The van der Waals surface area contributed by atoms with Crippen LogP contribution in [0.25, 0.3) is 10.8 Å². The minimum atomic E-state index is -0.646. The van der Waals surface area contributed by atoms with Gasteiger partial charge in [0, 0.05) is 12.3 Å². The van der Waals surface area contributed by atoms with Crippen LogP contribution in [0.3, 0.4) is 0 Å². The van der Waals surface area contributed by atoms with Crippen LogP contribution in [-0.4, -0.2) is 24.5 Å². The molecule has 0 heterocycles. The van der Waals surface area contributed by atoms with Gasteiger partial charge in [-0.2, -0.15) is 0 Å². The topological polar surface area (TPSA) is 55.4 Å². The molecule has 0 bridgehead atoms. The monoisotopic (exact) mass is 505 g/mol. The number of amides is 1. The first-order valence-electron chi connectivity index (χ1n) is 13.3. The highest BCUT2D eigenvalue weighted by atomic mass is 16.5. The van der Waals surface area contributed by atoms with E-state index in [1.807, 2.05) is 30.3 Å². The number of Topliss-reactive ketones (excluding diaryl/α,β-unsaturated/α-hetero) is 1. The molecule has 4 nitrogen and oxygen atoms in total. The molecule has 1 N–H and O–H groups in total. The lowest BCUT2D eigenvalue weighted by atomic mass is 9.86. The molecule has 38 heavy (non-hydrogen) atoms. The fourth-order valence-electron chi connectivity index (χ4n) is 4.88. The summed E-state index contributed by atoms with van der Waals surface area (Å²) in [5.74, 6) is 0.303. The normalized spacial score (nSPS) is 11.7. The number of ketones is 1. The van der Waals surface area contributed by atoms with Crippen molar-refractivity contribution in [1.29, 1.82) is 0 Å². The molecule has 0 aromatic heterocycles. The van der Waals surface area contributed by atoms with E-state index in [9.17, 15) is 9.59 Å². The zero-order valence-corrected chi connectivity index (χ0v) is 21.7. The van der Waals surface area contributed by atoms with Gasteiger partial charge < -0.3 is 10.1 Å². The average molecular weight is 506 g/mol. The molecule has 0 saturated heterocycles. The smallest absolute Gasteiger partial charge is 0.408 e. The van der Waals surface area contributed by atoms with Gasteiger partial charge in [-0.1, -0.05) is 122 Å². The van der Waals surface area contributed by atoms with E-state index in [1.54, 1.807) is 0 Å². The Bertz CT molecular complexity index is 1290. The fraction of sp³-hybridized carbons (Fsp3) is 0.235. The first-order chi connectivity index (χ1) is 18.6. The zero-order chi connectivity index (χ0) is 26.6. The van der Waals surface area contributed by atoms with Gasteiger partial charge in [-0.15, -0.1) is 0 Å². The van der Waals surface area contributed by atoms with Crippen LogP contribution in [0, 0.1) is 0 Å². The molecule has 194 valence electrons. The van der Waals surface area contributed by atoms with Crippen LogP contribution >= 0.6 is 0 Å². The Kier molecular flexibility index (Phi) is 9.86. The summed E-state index contributed by atoms with van der Waals surface area (Å²) in [6.45, 7) is 3.68. The molecule has 0 aliphatic heterocycles. The van der Waals surface area contributed by atoms with E-state index in [0.717, 1.165) is 35.6 Å². The molecule has 4 rings (SSSR count). The molecule has 0 aliphatic rings. The average Bonchev–Trinajstić information content (AvgIpc) is 2.96. The highest BCUT2D eigenvalue weighted by molar-refractivity contribution is 5.88. The molecule has 0 saturated carbocycles. The van der Waals surface area contributed by atoms with Gasteiger partial charge in [0.05, 0.1) is 6.04 Å². The molecule has 4 heteroatoms. The lowest BCUT2D eigenvalue weighted by Gasteiger charge is -2.19. The number of alkyl carbamates (subject to hydrolysis) is 1. The third-order valence-electron chi connectivity index (χ3n) is 6.84. The predicted molar refractivity (Wildman–Crippen MR) is 154 cm³/mol. The molecule has 4 aromatic carbocycles. The number of unbranched alkanes of at least 4 members (excludes halogenated alkanes) is 1. The van der Waals surface area contributed by atoms with E-state index in [-0.39, 0.29) is 18.3 Å². The van der Waals surface area contributed by atoms with E-state index < -0.39 is 12.1 Å². The van der Waals surface area contributed by atoms with Gasteiger partial charge >= 0.3 is 6.09 Å². The number of carbonyl (C=O) groups is 2. The third kappa shape index (κ3) is 7.66. The number of hydrogen-bond acceptors (Lipinski definition) is 3. The number of nitrogens with one attached hydrogen (secondary N) is 1. The number of benzene rings is 4. The van der Waals surface area contributed by atoms with Crippen molar-refractivity contribution in [2.24, 2.45) is 0 Å². The van der Waals surface area contributed by atoms with Crippen molar-refractivity contribution in [3.63, 3.8) is 0 Å². The summed E-state index contributed by atoms with van der Waals surface area (Å²) < 4.78 is 5.11. The molecular weight excluding hydrogens is 470 g/mol. The SMILES string of the molecule is C=CCOC(=O)N[C@@H](Cc1ccc2ccccc2c1)C(=O)CCCCC(c1ccccc1)c1ccccc1. The van der Waals surface area contributed by atoms with Crippen molar-refractivity contribution in [3.8, 4) is 0 Å². The van der Waals surface area contributed by atoms with Crippen molar-refractivity contribution >= 4 is 22.6 Å². The van der Waals surface area contributed by atoms with Crippen LogP contribution in [-0.2, 0) is 16.0 Å². The van der Waals surface area contributed by atoms with Gasteiger partial charge in [-0.3, -0.25) is 4.79 Å². The van der Waals surface area contributed by atoms with Crippen LogP contribution < -0.4 is 5.32 Å². The summed E-state index contributed by atoms with van der Waals surface area (Å²) in [6, 6.07) is 34.7. The first-order valence-corrected chi connectivity index (χ1v) is 13.3. The van der Waals surface area contributed by atoms with Gasteiger partial charge in [-0.25, -0.2) is 4.79 Å². The first kappa shape index (κ1) is 26.9. The van der Waals surface area contributed by atoms with Crippen LogP contribution in [0.2, 0.25) is 0 Å². The Labute approximate surface area is 225 Å². The number of hydrogen-bond donors (Lipinski definition) is 1. The minimum Gasteiger partial charge on any atom is -0.445 e. The third-order valence-corrected chi connectivity index (χ3v) is 6.84. The molecule has 0 unspecified atom stereocenters. The molecule has 0 fully saturated rings. The van der Waals surface area contributed by atoms with Crippen LogP contribution in [0.4, 0.5) is 4.79 Å². The summed E-state index contributed by atoms with van der Waals surface area (Å²) in [7, 11) is 0.